The van der Waals surface area contributed by atoms with E-state index in [1.54, 1.807) is 6.92 Å². The molecule has 1 aliphatic heterocycles. The number of rotatable bonds is 7. The van der Waals surface area contributed by atoms with E-state index < -0.39 is 13.9 Å². The quantitative estimate of drug-likeness (QED) is 0.549. The molecule has 19 heavy (non-hydrogen) atoms. The van der Waals surface area contributed by atoms with Gasteiger partial charge in [-0.1, -0.05) is 0 Å². The molecule has 0 radical (unpaired) electrons. The molecule has 0 amide bonds. The van der Waals surface area contributed by atoms with Crippen molar-refractivity contribution in [1.29, 1.82) is 0 Å². The summed E-state index contributed by atoms with van der Waals surface area (Å²) in [7, 11) is 3.31. The van der Waals surface area contributed by atoms with Crippen LogP contribution in [0.2, 0.25) is 0 Å². The normalized spacial score (nSPS) is 31.4. The second-order valence-electron chi connectivity index (χ2n) is 5.68. The van der Waals surface area contributed by atoms with Gasteiger partial charge in [0.15, 0.2) is 0 Å². The highest BCUT2D eigenvalue weighted by molar-refractivity contribution is 7.47. The van der Waals surface area contributed by atoms with Crippen LogP contribution in [0.4, 0.5) is 0 Å². The van der Waals surface area contributed by atoms with E-state index in [1.165, 1.54) is 0 Å². The number of hydrogen-bond acceptors (Lipinski definition) is 5. The topological polar surface area (TPSA) is 74.2 Å². The Balaban J connectivity index is 2.50. The molecule has 0 aliphatic carbocycles. The predicted molar refractivity (Wildman–Crippen MR) is 69.8 cm³/mol. The van der Waals surface area contributed by atoms with Gasteiger partial charge in [-0.3, -0.25) is 9.05 Å². The zero-order valence-corrected chi connectivity index (χ0v) is 13.1. The molecule has 1 aliphatic rings. The van der Waals surface area contributed by atoms with Gasteiger partial charge in [-0.2, -0.15) is 0 Å². The molecule has 1 saturated heterocycles. The summed E-state index contributed by atoms with van der Waals surface area (Å²) >= 11 is 0. The molecule has 0 aromatic carbocycles. The Bertz CT molecular complexity index is 332. The average molecular weight is 298 g/mol. The number of phosphoric ester groups is 1. The van der Waals surface area contributed by atoms with E-state index in [0.717, 1.165) is 18.1 Å². The Kier molecular flexibility index (Phi) is 5.95. The van der Waals surface area contributed by atoms with E-state index in [1.807, 2.05) is 0 Å². The highest BCUT2D eigenvalue weighted by Gasteiger charge is 2.41. The molecular formula is C11H25NO6P+. The van der Waals surface area contributed by atoms with Gasteiger partial charge in [0.2, 0.25) is 0 Å². The van der Waals surface area contributed by atoms with Gasteiger partial charge >= 0.3 is 7.82 Å². The van der Waals surface area contributed by atoms with Gasteiger partial charge in [-0.25, -0.2) is 4.57 Å². The number of nitrogens with zero attached hydrogens (tertiary/aromatic N) is 1. The van der Waals surface area contributed by atoms with Crippen molar-refractivity contribution < 1.29 is 32.5 Å². The van der Waals surface area contributed by atoms with Gasteiger partial charge in [-0.15, -0.1) is 0 Å². The van der Waals surface area contributed by atoms with E-state index in [0.29, 0.717) is 13.2 Å². The molecule has 7 nitrogen and oxygen atoms in total. The molecule has 114 valence electrons. The van der Waals surface area contributed by atoms with E-state index in [4.69, 9.17) is 14.0 Å². The van der Waals surface area contributed by atoms with Crippen LogP contribution in [-0.2, 0) is 23.1 Å². The Morgan fingerprint density at radius 2 is 2.05 bits per heavy atom. The zero-order valence-electron chi connectivity index (χ0n) is 12.2. The van der Waals surface area contributed by atoms with Gasteiger partial charge in [0.1, 0.15) is 18.8 Å². The van der Waals surface area contributed by atoms with Crippen LogP contribution in [0.15, 0.2) is 0 Å². The summed E-state index contributed by atoms with van der Waals surface area (Å²) in [6.07, 6.45) is -1.25. The molecule has 0 bridgehead atoms. The fraction of sp³-hybridized carbons (Fsp3) is 1.00. The fourth-order valence-corrected chi connectivity index (χ4v) is 2.41. The van der Waals surface area contributed by atoms with Crippen molar-refractivity contribution in [3.63, 3.8) is 0 Å². The molecule has 2 unspecified atom stereocenters. The molecule has 0 saturated carbocycles. The van der Waals surface area contributed by atoms with Crippen molar-refractivity contribution in [2.24, 2.45) is 0 Å². The van der Waals surface area contributed by atoms with Crippen LogP contribution >= 0.6 is 7.82 Å². The Morgan fingerprint density at radius 1 is 1.42 bits per heavy atom. The third kappa shape index (κ3) is 5.87. The summed E-state index contributed by atoms with van der Waals surface area (Å²) in [4.78, 5) is 9.37. The Labute approximate surface area is 114 Å². The largest absolute Gasteiger partial charge is 0.472 e. The lowest BCUT2D eigenvalue weighted by molar-refractivity contribution is -0.870. The van der Waals surface area contributed by atoms with Crippen LogP contribution in [0.25, 0.3) is 0 Å². The number of likely N-dealkylation sites (N-methyl/N-ethyl adjacent to an activating group) is 1. The van der Waals surface area contributed by atoms with Gasteiger partial charge in [0, 0.05) is 7.11 Å². The maximum Gasteiger partial charge on any atom is 0.472 e. The van der Waals surface area contributed by atoms with Gasteiger partial charge in [0.05, 0.1) is 40.5 Å². The van der Waals surface area contributed by atoms with Gasteiger partial charge < -0.3 is 18.9 Å². The molecular weight excluding hydrogens is 273 g/mol. The first kappa shape index (κ1) is 17.0. The first-order valence-corrected chi connectivity index (χ1v) is 7.75. The molecule has 0 aromatic rings. The summed E-state index contributed by atoms with van der Waals surface area (Å²) in [6.45, 7) is 3.50. The SMILES string of the molecule is COP(=O)(O)O[C@@H]1C(OCC[N+](C)(C)C)CO[C@@H]1C. The van der Waals surface area contributed by atoms with Crippen molar-refractivity contribution in [3.05, 3.63) is 0 Å². The van der Waals surface area contributed by atoms with Crippen LogP contribution < -0.4 is 0 Å². The summed E-state index contributed by atoms with van der Waals surface area (Å²) in [6, 6.07) is 0. The first-order chi connectivity index (χ1) is 8.64. The second kappa shape index (κ2) is 6.63. The molecule has 1 rings (SSSR count). The third-order valence-corrected chi connectivity index (χ3v) is 3.90. The van der Waals surface area contributed by atoms with E-state index in [9.17, 15) is 9.46 Å². The monoisotopic (exact) mass is 298 g/mol. The second-order valence-corrected chi connectivity index (χ2v) is 7.20. The van der Waals surface area contributed by atoms with Crippen LogP contribution in [0.3, 0.4) is 0 Å². The molecule has 1 fully saturated rings. The summed E-state index contributed by atoms with van der Waals surface area (Å²) in [5.41, 5.74) is 0. The van der Waals surface area contributed by atoms with Crippen molar-refractivity contribution >= 4 is 7.82 Å². The standard InChI is InChI=1S/C11H24NO6P/c1-9-11(18-19(13,14)15-5)10(8-17-9)16-7-6-12(2,3)4/h9-11H,6-8H2,1-5H3/p+1/t9-,10?,11+/m1/s1. The van der Waals surface area contributed by atoms with E-state index >= 15 is 0 Å². The number of hydrogen-bond donors (Lipinski definition) is 1. The summed E-state index contributed by atoms with van der Waals surface area (Å²) in [5, 5.41) is 0. The summed E-state index contributed by atoms with van der Waals surface area (Å²) in [5.74, 6) is 0. The van der Waals surface area contributed by atoms with Crippen LogP contribution in [0, 0.1) is 0 Å². The minimum Gasteiger partial charge on any atom is -0.373 e. The molecule has 1 N–H and O–H groups in total. The average Bonchev–Trinajstić information content (AvgIpc) is 2.59. The Hall–Kier alpha value is -0.0100. The molecule has 0 spiro atoms. The van der Waals surface area contributed by atoms with Crippen molar-refractivity contribution in [2.75, 3.05) is 48.0 Å². The lowest BCUT2D eigenvalue weighted by Gasteiger charge is -2.26. The highest BCUT2D eigenvalue weighted by Crippen LogP contribution is 2.45. The Morgan fingerprint density at radius 3 is 2.58 bits per heavy atom. The molecule has 1 heterocycles. The predicted octanol–water partition coefficient (Wildman–Crippen LogP) is 0.628. The van der Waals surface area contributed by atoms with Crippen LogP contribution in [0.1, 0.15) is 6.92 Å². The third-order valence-electron chi connectivity index (χ3n) is 2.93. The lowest BCUT2D eigenvalue weighted by Crippen LogP contribution is -2.40. The minimum atomic E-state index is -4.03. The molecule has 8 heteroatoms. The first-order valence-electron chi connectivity index (χ1n) is 6.25. The van der Waals surface area contributed by atoms with E-state index in [-0.39, 0.29) is 12.2 Å². The fourth-order valence-electron chi connectivity index (χ4n) is 1.71. The van der Waals surface area contributed by atoms with Crippen LogP contribution in [0.5, 0.6) is 0 Å². The van der Waals surface area contributed by atoms with Crippen molar-refractivity contribution in [2.45, 2.75) is 25.2 Å². The van der Waals surface area contributed by atoms with Crippen LogP contribution in [-0.4, -0.2) is 75.7 Å². The number of quaternary nitrogens is 1. The van der Waals surface area contributed by atoms with Crippen molar-refractivity contribution in [3.8, 4) is 0 Å². The highest BCUT2D eigenvalue weighted by atomic mass is 31.2. The minimum absolute atomic E-state index is 0.301. The number of phosphoric acid groups is 1. The maximum atomic E-state index is 11.5. The zero-order chi connectivity index (χ0) is 14.7. The smallest absolute Gasteiger partial charge is 0.373 e. The maximum absolute atomic E-state index is 11.5. The van der Waals surface area contributed by atoms with Gasteiger partial charge in [-0.05, 0) is 6.92 Å². The molecule has 0 aromatic heterocycles. The van der Waals surface area contributed by atoms with Crippen molar-refractivity contribution in [1.82, 2.24) is 0 Å². The number of ether oxygens (including phenoxy) is 2. The summed E-state index contributed by atoms with van der Waals surface area (Å²) < 4.78 is 32.9. The lowest BCUT2D eigenvalue weighted by atomic mass is 10.2. The van der Waals surface area contributed by atoms with Gasteiger partial charge in [0.25, 0.3) is 0 Å². The molecule has 4 atom stereocenters. The van der Waals surface area contributed by atoms with E-state index in [2.05, 4.69) is 25.7 Å².